The third kappa shape index (κ3) is 5.71. The second-order valence-electron chi connectivity index (χ2n) is 4.52. The Kier molecular flexibility index (Phi) is 6.67. The summed E-state index contributed by atoms with van der Waals surface area (Å²) in [6.07, 6.45) is 0. The average Bonchev–Trinajstić information content (AvgIpc) is 2.53. The Labute approximate surface area is 136 Å². The second-order valence-corrected chi connectivity index (χ2v) is 4.93. The third-order valence-electron chi connectivity index (χ3n) is 2.82. The van der Waals surface area contributed by atoms with Gasteiger partial charge in [0.05, 0.1) is 6.61 Å². The van der Waals surface area contributed by atoms with Gasteiger partial charge < -0.3 is 20.1 Å². The van der Waals surface area contributed by atoms with Crippen LogP contribution in [0.25, 0.3) is 0 Å². The monoisotopic (exact) mass is 316 g/mol. The second kappa shape index (κ2) is 9.02. The molecular weight excluding hydrogens is 296 g/mol. The quantitative estimate of drug-likeness (QED) is 0.599. The van der Waals surface area contributed by atoms with Crippen LogP contribution >= 0.6 is 12.2 Å². The molecular formula is C17H20N2O2S. The highest BCUT2D eigenvalue weighted by Crippen LogP contribution is 2.17. The van der Waals surface area contributed by atoms with Gasteiger partial charge in [-0.15, -0.1) is 0 Å². The highest BCUT2D eigenvalue weighted by molar-refractivity contribution is 7.80. The minimum Gasteiger partial charge on any atom is -0.491 e. The molecule has 0 fully saturated rings. The van der Waals surface area contributed by atoms with Crippen molar-refractivity contribution >= 4 is 28.7 Å². The summed E-state index contributed by atoms with van der Waals surface area (Å²) < 4.78 is 10.9. The first-order chi connectivity index (χ1) is 10.8. The van der Waals surface area contributed by atoms with Crippen LogP contribution in [0.5, 0.6) is 5.75 Å². The molecule has 0 atom stereocenters. The predicted octanol–water partition coefficient (Wildman–Crippen LogP) is 3.91. The molecule has 5 heteroatoms. The van der Waals surface area contributed by atoms with Crippen LogP contribution in [0, 0.1) is 0 Å². The molecule has 2 rings (SSSR count). The van der Waals surface area contributed by atoms with Gasteiger partial charge in [-0.2, -0.15) is 0 Å². The molecule has 0 unspecified atom stereocenters. The fraction of sp³-hybridized carbons (Fsp3) is 0.235. The summed E-state index contributed by atoms with van der Waals surface area (Å²) in [5, 5.41) is 6.81. The number of hydrogen-bond acceptors (Lipinski definition) is 3. The average molecular weight is 316 g/mol. The van der Waals surface area contributed by atoms with E-state index < -0.39 is 0 Å². The number of anilines is 2. The first-order valence-corrected chi connectivity index (χ1v) is 7.62. The molecule has 0 aliphatic heterocycles. The van der Waals surface area contributed by atoms with Crippen LogP contribution in [0.1, 0.15) is 6.92 Å². The van der Waals surface area contributed by atoms with E-state index in [1.807, 2.05) is 61.5 Å². The van der Waals surface area contributed by atoms with E-state index in [0.29, 0.717) is 24.9 Å². The SMILES string of the molecule is CCOCCOc1cccc(NC(=S)Nc2ccccc2)c1. The Morgan fingerprint density at radius 1 is 0.955 bits per heavy atom. The van der Waals surface area contributed by atoms with E-state index in [-0.39, 0.29) is 0 Å². The van der Waals surface area contributed by atoms with E-state index in [2.05, 4.69) is 10.6 Å². The van der Waals surface area contributed by atoms with Crippen LogP contribution in [-0.2, 0) is 4.74 Å². The predicted molar refractivity (Wildman–Crippen MR) is 94.7 cm³/mol. The standard InChI is InChI=1S/C17H20N2O2S/c1-2-20-11-12-21-16-10-6-9-15(13-16)19-17(22)18-14-7-4-3-5-8-14/h3-10,13H,2,11-12H2,1H3,(H2,18,19,22). The zero-order chi connectivity index (χ0) is 15.6. The molecule has 116 valence electrons. The molecule has 4 nitrogen and oxygen atoms in total. The van der Waals surface area contributed by atoms with Gasteiger partial charge in [-0.05, 0) is 43.4 Å². The maximum absolute atomic E-state index is 5.62. The molecule has 2 N–H and O–H groups in total. The molecule has 0 aliphatic carbocycles. The molecule has 2 aromatic carbocycles. The lowest BCUT2D eigenvalue weighted by molar-refractivity contribution is 0.110. The molecule has 0 saturated carbocycles. The number of ether oxygens (including phenoxy) is 2. The van der Waals surface area contributed by atoms with Crippen LogP contribution in [0.3, 0.4) is 0 Å². The lowest BCUT2D eigenvalue weighted by atomic mass is 10.3. The summed E-state index contributed by atoms with van der Waals surface area (Å²) >= 11 is 5.30. The van der Waals surface area contributed by atoms with Gasteiger partial charge in [-0.25, -0.2) is 0 Å². The molecule has 0 saturated heterocycles. The topological polar surface area (TPSA) is 42.5 Å². The van der Waals surface area contributed by atoms with Gasteiger partial charge in [0, 0.05) is 24.0 Å². The Hall–Kier alpha value is -2.11. The molecule has 0 amide bonds. The van der Waals surface area contributed by atoms with Crippen molar-refractivity contribution in [1.29, 1.82) is 0 Å². The summed E-state index contributed by atoms with van der Waals surface area (Å²) in [5.41, 5.74) is 1.83. The van der Waals surface area contributed by atoms with Crippen molar-refractivity contribution in [3.8, 4) is 5.75 Å². The van der Waals surface area contributed by atoms with Crippen LogP contribution in [0.4, 0.5) is 11.4 Å². The molecule has 2 aromatic rings. The Morgan fingerprint density at radius 2 is 1.68 bits per heavy atom. The summed E-state index contributed by atoms with van der Waals surface area (Å²) in [5.74, 6) is 0.784. The summed E-state index contributed by atoms with van der Waals surface area (Å²) in [6.45, 7) is 3.78. The van der Waals surface area contributed by atoms with Crippen molar-refractivity contribution in [2.45, 2.75) is 6.92 Å². The third-order valence-corrected chi connectivity index (χ3v) is 3.03. The molecule has 0 aliphatic rings. The highest BCUT2D eigenvalue weighted by atomic mass is 32.1. The minimum atomic E-state index is 0.532. The van der Waals surface area contributed by atoms with Crippen molar-refractivity contribution in [3.05, 3.63) is 54.6 Å². The van der Waals surface area contributed by atoms with Crippen LogP contribution < -0.4 is 15.4 Å². The van der Waals surface area contributed by atoms with Gasteiger partial charge in [0.25, 0.3) is 0 Å². The maximum Gasteiger partial charge on any atom is 0.175 e. The Morgan fingerprint density at radius 3 is 2.45 bits per heavy atom. The fourth-order valence-corrected chi connectivity index (χ4v) is 2.08. The normalized spacial score (nSPS) is 10.0. The largest absolute Gasteiger partial charge is 0.491 e. The fourth-order valence-electron chi connectivity index (χ4n) is 1.84. The van der Waals surface area contributed by atoms with Gasteiger partial charge in [-0.3, -0.25) is 0 Å². The molecule has 0 bridgehead atoms. The summed E-state index contributed by atoms with van der Waals surface area (Å²) in [7, 11) is 0. The molecule has 22 heavy (non-hydrogen) atoms. The van der Waals surface area contributed by atoms with Gasteiger partial charge in [-0.1, -0.05) is 24.3 Å². The number of benzene rings is 2. The first kappa shape index (κ1) is 16.3. The van der Waals surface area contributed by atoms with E-state index in [4.69, 9.17) is 21.7 Å². The number of para-hydroxylation sites is 1. The number of nitrogens with one attached hydrogen (secondary N) is 2. The Balaban J connectivity index is 1.85. The van der Waals surface area contributed by atoms with E-state index in [1.54, 1.807) is 0 Å². The van der Waals surface area contributed by atoms with Crippen molar-refractivity contribution in [3.63, 3.8) is 0 Å². The molecule has 0 spiro atoms. The van der Waals surface area contributed by atoms with Crippen molar-refractivity contribution in [2.24, 2.45) is 0 Å². The number of rotatable bonds is 7. The van der Waals surface area contributed by atoms with E-state index in [1.165, 1.54) is 0 Å². The molecule has 0 aromatic heterocycles. The van der Waals surface area contributed by atoms with Crippen molar-refractivity contribution in [1.82, 2.24) is 0 Å². The van der Waals surface area contributed by atoms with Gasteiger partial charge in [0.15, 0.2) is 5.11 Å². The van der Waals surface area contributed by atoms with Gasteiger partial charge >= 0.3 is 0 Å². The number of hydrogen-bond donors (Lipinski definition) is 2. The van der Waals surface area contributed by atoms with E-state index >= 15 is 0 Å². The molecule has 0 radical (unpaired) electrons. The van der Waals surface area contributed by atoms with Crippen molar-refractivity contribution < 1.29 is 9.47 Å². The lowest BCUT2D eigenvalue weighted by Crippen LogP contribution is -2.19. The smallest absolute Gasteiger partial charge is 0.175 e. The van der Waals surface area contributed by atoms with Crippen LogP contribution in [0.2, 0.25) is 0 Å². The zero-order valence-corrected chi connectivity index (χ0v) is 13.4. The van der Waals surface area contributed by atoms with Gasteiger partial charge in [0.1, 0.15) is 12.4 Å². The van der Waals surface area contributed by atoms with E-state index in [0.717, 1.165) is 17.1 Å². The Bertz CT molecular complexity index is 590. The van der Waals surface area contributed by atoms with E-state index in [9.17, 15) is 0 Å². The molecule has 0 heterocycles. The summed E-state index contributed by atoms with van der Waals surface area (Å²) in [4.78, 5) is 0. The van der Waals surface area contributed by atoms with Crippen LogP contribution in [-0.4, -0.2) is 24.9 Å². The summed E-state index contributed by atoms with van der Waals surface area (Å²) in [6, 6.07) is 17.5. The highest BCUT2D eigenvalue weighted by Gasteiger charge is 2.01. The van der Waals surface area contributed by atoms with Crippen LogP contribution in [0.15, 0.2) is 54.6 Å². The lowest BCUT2D eigenvalue weighted by Gasteiger charge is -2.12. The van der Waals surface area contributed by atoms with Gasteiger partial charge in [0.2, 0.25) is 0 Å². The van der Waals surface area contributed by atoms with Crippen molar-refractivity contribution in [2.75, 3.05) is 30.5 Å². The maximum atomic E-state index is 5.62. The minimum absolute atomic E-state index is 0.532. The number of thiocarbonyl (C=S) groups is 1. The first-order valence-electron chi connectivity index (χ1n) is 7.21. The zero-order valence-electron chi connectivity index (χ0n) is 12.5.